The van der Waals surface area contributed by atoms with E-state index in [-0.39, 0.29) is 22.6 Å². The zero-order valence-electron chi connectivity index (χ0n) is 11.6. The molecule has 1 aromatic rings. The molecule has 112 valence electrons. The number of rotatable bonds is 5. The minimum Gasteiger partial charge on any atom is -0.291 e. The number of benzene rings is 1. The van der Waals surface area contributed by atoms with Gasteiger partial charge in [0.1, 0.15) is 0 Å². The highest BCUT2D eigenvalue weighted by Crippen LogP contribution is 2.15. The van der Waals surface area contributed by atoms with Crippen molar-refractivity contribution in [2.75, 3.05) is 5.75 Å². The van der Waals surface area contributed by atoms with E-state index in [0.717, 1.165) is 12.0 Å². The van der Waals surface area contributed by atoms with Crippen molar-refractivity contribution in [3.63, 3.8) is 0 Å². The first-order valence-corrected chi connectivity index (χ1v) is 8.33. The Morgan fingerprint density at radius 3 is 2.86 bits per heavy atom. The van der Waals surface area contributed by atoms with E-state index >= 15 is 0 Å². The van der Waals surface area contributed by atoms with Crippen LogP contribution in [-0.2, 0) is 14.6 Å². The van der Waals surface area contributed by atoms with Gasteiger partial charge in [0.25, 0.3) is 0 Å². The SMILES string of the molecule is C=CCS(=O)(=O)c1cccc(/C=C/C2CCC(=O)NN2)c1. The lowest BCUT2D eigenvalue weighted by Gasteiger charge is -2.20. The lowest BCUT2D eigenvalue weighted by Crippen LogP contribution is -2.48. The second kappa shape index (κ2) is 6.69. The summed E-state index contributed by atoms with van der Waals surface area (Å²) in [6.07, 6.45) is 6.35. The first-order valence-electron chi connectivity index (χ1n) is 6.67. The Bertz CT molecular complexity index is 655. The molecule has 1 fully saturated rings. The van der Waals surface area contributed by atoms with Crippen LogP contribution in [0.15, 0.2) is 47.9 Å². The van der Waals surface area contributed by atoms with E-state index in [2.05, 4.69) is 17.4 Å². The molecule has 1 unspecified atom stereocenters. The van der Waals surface area contributed by atoms with Crippen LogP contribution in [0.2, 0.25) is 0 Å². The number of hydrogen-bond donors (Lipinski definition) is 2. The second-order valence-electron chi connectivity index (χ2n) is 4.84. The highest BCUT2D eigenvalue weighted by Gasteiger charge is 2.15. The molecule has 1 amide bonds. The van der Waals surface area contributed by atoms with Crippen molar-refractivity contribution in [3.05, 3.63) is 48.6 Å². The smallest absolute Gasteiger partial charge is 0.234 e. The van der Waals surface area contributed by atoms with Gasteiger partial charge < -0.3 is 0 Å². The van der Waals surface area contributed by atoms with Gasteiger partial charge in [0, 0.05) is 12.5 Å². The fourth-order valence-corrected chi connectivity index (χ4v) is 3.13. The van der Waals surface area contributed by atoms with Crippen LogP contribution in [-0.4, -0.2) is 26.1 Å². The standard InChI is InChI=1S/C15H18N2O3S/c1-2-10-21(19,20)14-5-3-4-12(11-14)6-7-13-8-9-15(18)17-16-13/h2-7,11,13,16H,1,8-10H2,(H,17,18)/b7-6+. The molecule has 1 atom stereocenters. The lowest BCUT2D eigenvalue weighted by molar-refractivity contribution is -0.123. The maximum Gasteiger partial charge on any atom is 0.234 e. The summed E-state index contributed by atoms with van der Waals surface area (Å²) in [6, 6.07) is 6.82. The zero-order chi connectivity index (χ0) is 15.3. The highest BCUT2D eigenvalue weighted by atomic mass is 32.2. The lowest BCUT2D eigenvalue weighted by atomic mass is 10.1. The Labute approximate surface area is 124 Å². The van der Waals surface area contributed by atoms with E-state index in [0.29, 0.717) is 6.42 Å². The fourth-order valence-electron chi connectivity index (χ4n) is 2.03. The summed E-state index contributed by atoms with van der Waals surface area (Å²) >= 11 is 0. The first-order chi connectivity index (χ1) is 10.0. The van der Waals surface area contributed by atoms with Gasteiger partial charge in [-0.2, -0.15) is 0 Å². The quantitative estimate of drug-likeness (QED) is 0.807. The molecule has 0 spiro atoms. The molecular formula is C15H18N2O3S. The maximum atomic E-state index is 12.0. The van der Waals surface area contributed by atoms with Gasteiger partial charge in [-0.1, -0.05) is 30.4 Å². The molecule has 2 rings (SSSR count). The van der Waals surface area contributed by atoms with Crippen LogP contribution in [0.1, 0.15) is 18.4 Å². The Hall–Kier alpha value is -1.92. The number of sulfone groups is 1. The van der Waals surface area contributed by atoms with Gasteiger partial charge in [0.15, 0.2) is 9.84 Å². The average molecular weight is 306 g/mol. The van der Waals surface area contributed by atoms with E-state index in [1.54, 1.807) is 18.2 Å². The van der Waals surface area contributed by atoms with E-state index in [4.69, 9.17) is 0 Å². The van der Waals surface area contributed by atoms with Crippen LogP contribution in [0.5, 0.6) is 0 Å². The summed E-state index contributed by atoms with van der Waals surface area (Å²) in [5.41, 5.74) is 6.26. The molecule has 1 aliphatic heterocycles. The molecule has 0 radical (unpaired) electrons. The fraction of sp³-hybridized carbons (Fsp3) is 0.267. The largest absolute Gasteiger partial charge is 0.291 e. The van der Waals surface area contributed by atoms with Gasteiger partial charge in [-0.15, -0.1) is 6.58 Å². The average Bonchev–Trinajstić information content (AvgIpc) is 2.47. The molecule has 2 N–H and O–H groups in total. The molecule has 1 saturated heterocycles. The number of hydrogen-bond acceptors (Lipinski definition) is 4. The van der Waals surface area contributed by atoms with Crippen molar-refractivity contribution in [2.45, 2.75) is 23.8 Å². The third-order valence-corrected chi connectivity index (χ3v) is 4.80. The molecule has 6 heteroatoms. The van der Waals surface area contributed by atoms with Crippen LogP contribution in [0.4, 0.5) is 0 Å². The van der Waals surface area contributed by atoms with Gasteiger partial charge in [-0.3, -0.25) is 10.2 Å². The second-order valence-corrected chi connectivity index (χ2v) is 6.87. The van der Waals surface area contributed by atoms with Crippen molar-refractivity contribution in [1.29, 1.82) is 0 Å². The molecular weight excluding hydrogens is 288 g/mol. The van der Waals surface area contributed by atoms with Crippen molar-refractivity contribution >= 4 is 21.8 Å². The summed E-state index contributed by atoms with van der Waals surface area (Å²) in [5.74, 6) is -0.0895. The summed E-state index contributed by atoms with van der Waals surface area (Å²) in [5, 5.41) is 0. The molecule has 0 aliphatic carbocycles. The minimum atomic E-state index is -3.31. The molecule has 0 aromatic heterocycles. The Kier molecular flexibility index (Phi) is 4.93. The number of carbonyl (C=O) groups is 1. The van der Waals surface area contributed by atoms with Crippen LogP contribution in [0.3, 0.4) is 0 Å². The highest BCUT2D eigenvalue weighted by molar-refractivity contribution is 7.91. The normalized spacial score (nSPS) is 19.4. The van der Waals surface area contributed by atoms with E-state index in [9.17, 15) is 13.2 Å². The predicted octanol–water partition coefficient (Wildman–Crippen LogP) is 1.44. The number of carbonyl (C=O) groups excluding carboxylic acids is 1. The van der Waals surface area contributed by atoms with Gasteiger partial charge in [-0.25, -0.2) is 13.8 Å². The van der Waals surface area contributed by atoms with Gasteiger partial charge >= 0.3 is 0 Å². The van der Waals surface area contributed by atoms with E-state index < -0.39 is 9.84 Å². The first kappa shape index (κ1) is 15.5. The van der Waals surface area contributed by atoms with Crippen LogP contribution in [0, 0.1) is 0 Å². The van der Waals surface area contributed by atoms with Gasteiger partial charge in [0.2, 0.25) is 5.91 Å². The Morgan fingerprint density at radius 1 is 1.38 bits per heavy atom. The third-order valence-electron chi connectivity index (χ3n) is 3.15. The van der Waals surface area contributed by atoms with Crippen molar-refractivity contribution in [3.8, 4) is 0 Å². The summed E-state index contributed by atoms with van der Waals surface area (Å²) in [7, 11) is -3.31. The maximum absolute atomic E-state index is 12.0. The van der Waals surface area contributed by atoms with Crippen molar-refractivity contribution in [2.24, 2.45) is 0 Å². The molecule has 0 saturated carbocycles. The van der Waals surface area contributed by atoms with Crippen LogP contribution >= 0.6 is 0 Å². The molecule has 0 bridgehead atoms. The zero-order valence-corrected chi connectivity index (χ0v) is 12.4. The van der Waals surface area contributed by atoms with Gasteiger partial charge in [0.05, 0.1) is 10.6 Å². The van der Waals surface area contributed by atoms with Crippen molar-refractivity contribution in [1.82, 2.24) is 10.9 Å². The number of hydrazine groups is 1. The van der Waals surface area contributed by atoms with Crippen LogP contribution in [0.25, 0.3) is 6.08 Å². The summed E-state index contributed by atoms with van der Waals surface area (Å²) < 4.78 is 23.9. The summed E-state index contributed by atoms with van der Waals surface area (Å²) in [6.45, 7) is 3.46. The number of nitrogens with one attached hydrogen (secondary N) is 2. The molecule has 1 aliphatic rings. The van der Waals surface area contributed by atoms with E-state index in [1.807, 2.05) is 18.2 Å². The van der Waals surface area contributed by atoms with Crippen LogP contribution < -0.4 is 10.9 Å². The monoisotopic (exact) mass is 306 g/mol. The molecule has 5 nitrogen and oxygen atoms in total. The molecule has 1 aromatic carbocycles. The summed E-state index contributed by atoms with van der Waals surface area (Å²) in [4.78, 5) is 11.3. The van der Waals surface area contributed by atoms with Gasteiger partial charge in [-0.05, 0) is 24.1 Å². The number of amides is 1. The minimum absolute atomic E-state index is 0.0165. The third kappa shape index (κ3) is 4.27. The molecule has 21 heavy (non-hydrogen) atoms. The van der Waals surface area contributed by atoms with E-state index in [1.165, 1.54) is 6.08 Å². The molecule has 1 heterocycles. The Morgan fingerprint density at radius 2 is 2.19 bits per heavy atom. The van der Waals surface area contributed by atoms with Crippen molar-refractivity contribution < 1.29 is 13.2 Å². The predicted molar refractivity (Wildman–Crippen MR) is 82.0 cm³/mol. The topological polar surface area (TPSA) is 75.3 Å². The Balaban J connectivity index is 2.11.